The molecule has 376 valence electrons. The number of benzene rings is 10. The molecule has 0 saturated carbocycles. The zero-order chi connectivity index (χ0) is 52.9. The largest absolute Gasteiger partial charge is 0.436 e. The average Bonchev–Trinajstić information content (AvgIpc) is 4.19. The van der Waals surface area contributed by atoms with Gasteiger partial charge in [0, 0.05) is 60.0 Å². The number of para-hydroxylation sites is 6. The Labute approximate surface area is 455 Å². The van der Waals surface area contributed by atoms with Gasteiger partial charge in [-0.2, -0.15) is 0 Å². The fourth-order valence-electron chi connectivity index (χ4n) is 13.3. The van der Waals surface area contributed by atoms with Gasteiger partial charge < -0.3 is 22.7 Å². The Morgan fingerprint density at radius 1 is 0.291 bits per heavy atom. The summed E-state index contributed by atoms with van der Waals surface area (Å²) in [6, 6.07) is 76.2. The summed E-state index contributed by atoms with van der Waals surface area (Å²) >= 11 is 0. The topological polar surface area (TPSA) is 58.6 Å². The standard InChI is InChI=1S/C72H52N6O/c1-41-27-31-61-52(35-41)48-17-7-12-22-57(48)75(61)68-66(47-39-45(5)73-46(6)40-47)67(72-74-56-21-11-16-26-65(56)79-72)69(76-58-23-13-8-18-49(58)53-36-42(2)28-32-62(53)76)71(78-60-25-15-10-20-51(60)55-38-44(4)30-34-64(55)78)70(68)77-59-24-14-9-19-50(59)54-37-43(3)29-33-63(54)77/h7-40H,1-6H3. The minimum atomic E-state index is 0.511. The molecule has 7 heteroatoms. The van der Waals surface area contributed by atoms with E-state index in [1.807, 2.05) is 18.2 Å². The van der Waals surface area contributed by atoms with Gasteiger partial charge >= 0.3 is 0 Å². The van der Waals surface area contributed by atoms with E-state index in [2.05, 4.69) is 248 Å². The molecule has 0 bridgehead atoms. The first kappa shape index (κ1) is 45.2. The summed E-state index contributed by atoms with van der Waals surface area (Å²) in [5.74, 6) is 0.511. The molecule has 0 aliphatic heterocycles. The van der Waals surface area contributed by atoms with Crippen LogP contribution in [-0.4, -0.2) is 28.2 Å². The molecule has 6 heterocycles. The van der Waals surface area contributed by atoms with Crippen molar-refractivity contribution in [1.29, 1.82) is 0 Å². The Balaban J connectivity index is 1.32. The van der Waals surface area contributed by atoms with Gasteiger partial charge in [0.2, 0.25) is 5.89 Å². The lowest BCUT2D eigenvalue weighted by Gasteiger charge is -2.30. The maximum atomic E-state index is 7.40. The molecule has 0 aliphatic carbocycles. The molecular weight excluding hydrogens is 965 g/mol. The van der Waals surface area contributed by atoms with Gasteiger partial charge in [0.15, 0.2) is 5.58 Å². The zero-order valence-corrected chi connectivity index (χ0v) is 44.7. The highest BCUT2D eigenvalue weighted by molar-refractivity contribution is 6.18. The normalized spacial score (nSPS) is 12.2. The maximum absolute atomic E-state index is 7.40. The summed E-state index contributed by atoms with van der Waals surface area (Å²) in [5.41, 5.74) is 23.4. The Morgan fingerprint density at radius 2 is 0.620 bits per heavy atom. The lowest BCUT2D eigenvalue weighted by molar-refractivity contribution is 0.619. The molecule has 7 nitrogen and oxygen atoms in total. The number of oxazole rings is 1. The van der Waals surface area contributed by atoms with Crippen LogP contribution < -0.4 is 0 Å². The molecule has 0 spiro atoms. The van der Waals surface area contributed by atoms with E-state index in [0.717, 1.165) is 122 Å². The van der Waals surface area contributed by atoms with Crippen molar-refractivity contribution in [2.75, 3.05) is 0 Å². The molecule has 0 radical (unpaired) electrons. The minimum Gasteiger partial charge on any atom is -0.436 e. The summed E-state index contributed by atoms with van der Waals surface area (Å²) < 4.78 is 17.6. The van der Waals surface area contributed by atoms with Crippen molar-refractivity contribution < 1.29 is 4.42 Å². The van der Waals surface area contributed by atoms with Gasteiger partial charge in [-0.15, -0.1) is 0 Å². The van der Waals surface area contributed by atoms with Gasteiger partial charge in [0.1, 0.15) is 5.52 Å². The number of aromatic nitrogens is 6. The van der Waals surface area contributed by atoms with E-state index in [0.29, 0.717) is 11.5 Å². The molecule has 6 aromatic heterocycles. The summed E-state index contributed by atoms with van der Waals surface area (Å²) in [6.45, 7) is 13.0. The Bertz CT molecular complexity index is 5230. The molecule has 0 saturated heterocycles. The second-order valence-corrected chi connectivity index (χ2v) is 21.8. The molecule has 16 rings (SSSR count). The number of hydrogen-bond donors (Lipinski definition) is 0. The predicted molar refractivity (Wildman–Crippen MR) is 328 cm³/mol. The molecule has 0 fully saturated rings. The van der Waals surface area contributed by atoms with Crippen LogP contribution in [0.15, 0.2) is 211 Å². The van der Waals surface area contributed by atoms with Crippen LogP contribution in [0.3, 0.4) is 0 Å². The van der Waals surface area contributed by atoms with Crippen LogP contribution in [0, 0.1) is 41.5 Å². The van der Waals surface area contributed by atoms with Crippen LogP contribution in [0.4, 0.5) is 0 Å². The zero-order valence-electron chi connectivity index (χ0n) is 44.7. The average molecular weight is 1020 g/mol. The van der Waals surface area contributed by atoms with Crippen molar-refractivity contribution in [2.24, 2.45) is 0 Å². The second-order valence-electron chi connectivity index (χ2n) is 21.8. The van der Waals surface area contributed by atoms with E-state index < -0.39 is 0 Å². The third kappa shape index (κ3) is 6.53. The molecule has 16 aromatic rings. The molecule has 0 unspecified atom stereocenters. The highest BCUT2D eigenvalue weighted by atomic mass is 16.3. The maximum Gasteiger partial charge on any atom is 0.230 e. The second kappa shape index (κ2) is 16.8. The molecule has 79 heavy (non-hydrogen) atoms. The van der Waals surface area contributed by atoms with Gasteiger partial charge in [0.05, 0.1) is 72.4 Å². The summed E-state index contributed by atoms with van der Waals surface area (Å²) in [6.07, 6.45) is 0. The first-order valence-electron chi connectivity index (χ1n) is 27.2. The van der Waals surface area contributed by atoms with Crippen molar-refractivity contribution in [3.8, 4) is 45.3 Å². The van der Waals surface area contributed by atoms with Crippen molar-refractivity contribution in [3.63, 3.8) is 0 Å². The first-order chi connectivity index (χ1) is 38.7. The number of nitrogens with zero attached hydrogens (tertiary/aromatic N) is 6. The van der Waals surface area contributed by atoms with Crippen LogP contribution in [0.5, 0.6) is 0 Å². The number of rotatable bonds is 6. The smallest absolute Gasteiger partial charge is 0.230 e. The number of hydrogen-bond acceptors (Lipinski definition) is 3. The lowest BCUT2D eigenvalue weighted by atomic mass is 9.91. The van der Waals surface area contributed by atoms with E-state index in [1.54, 1.807) is 0 Å². The summed E-state index contributed by atoms with van der Waals surface area (Å²) in [7, 11) is 0. The lowest BCUT2D eigenvalue weighted by Crippen LogP contribution is -2.16. The van der Waals surface area contributed by atoms with E-state index in [1.165, 1.54) is 43.8 Å². The van der Waals surface area contributed by atoms with Crippen LogP contribution in [-0.2, 0) is 0 Å². The molecular formula is C72H52N6O. The van der Waals surface area contributed by atoms with E-state index in [4.69, 9.17) is 14.4 Å². The monoisotopic (exact) mass is 1020 g/mol. The molecule has 0 atom stereocenters. The van der Waals surface area contributed by atoms with E-state index in [9.17, 15) is 0 Å². The minimum absolute atomic E-state index is 0.511. The van der Waals surface area contributed by atoms with Gasteiger partial charge in [-0.25, -0.2) is 4.98 Å². The molecule has 10 aromatic carbocycles. The Hall–Kier alpha value is -9.98. The van der Waals surface area contributed by atoms with E-state index >= 15 is 0 Å². The third-order valence-electron chi connectivity index (χ3n) is 16.5. The number of pyridine rings is 1. The van der Waals surface area contributed by atoms with Gasteiger partial charge in [-0.05, 0) is 144 Å². The Morgan fingerprint density at radius 3 is 1.01 bits per heavy atom. The van der Waals surface area contributed by atoms with Crippen LogP contribution >= 0.6 is 0 Å². The van der Waals surface area contributed by atoms with Crippen molar-refractivity contribution in [2.45, 2.75) is 41.5 Å². The number of aryl methyl sites for hydroxylation is 6. The first-order valence-corrected chi connectivity index (χ1v) is 27.2. The van der Waals surface area contributed by atoms with Gasteiger partial charge in [0.25, 0.3) is 0 Å². The quantitative estimate of drug-likeness (QED) is 0.167. The van der Waals surface area contributed by atoms with Crippen molar-refractivity contribution in [3.05, 3.63) is 240 Å². The highest BCUT2D eigenvalue weighted by Gasteiger charge is 2.37. The summed E-state index contributed by atoms with van der Waals surface area (Å²) in [5, 5.41) is 9.33. The van der Waals surface area contributed by atoms with Crippen LogP contribution in [0.25, 0.3) is 144 Å². The highest BCUT2D eigenvalue weighted by Crippen LogP contribution is 2.55. The summed E-state index contributed by atoms with van der Waals surface area (Å²) in [4.78, 5) is 10.8. The molecule has 0 N–H and O–H groups in total. The SMILES string of the molecule is Cc1ccc2c(c1)c1ccccc1n2-c1c(-c2cc(C)nc(C)c2)c(-c2nc3ccccc3o2)c(-n2c3ccccc3c3cc(C)ccc32)c(-n2c3ccccc3c3cc(C)ccc32)c1-n1c2ccccc2c2cc(C)ccc21. The van der Waals surface area contributed by atoms with Gasteiger partial charge in [-0.3, -0.25) is 4.98 Å². The van der Waals surface area contributed by atoms with Crippen LogP contribution in [0.1, 0.15) is 33.6 Å². The molecule has 0 aliphatic rings. The fourth-order valence-corrected chi connectivity index (χ4v) is 13.3. The van der Waals surface area contributed by atoms with Crippen LogP contribution in [0.2, 0.25) is 0 Å². The molecule has 0 amide bonds. The van der Waals surface area contributed by atoms with Crippen molar-refractivity contribution in [1.82, 2.24) is 28.2 Å². The Kier molecular flexibility index (Phi) is 9.60. The van der Waals surface area contributed by atoms with Crippen molar-refractivity contribution >= 4 is 98.3 Å². The predicted octanol–water partition coefficient (Wildman–Crippen LogP) is 18.8. The fraction of sp³-hybridized carbons (Fsp3) is 0.0833. The number of fused-ring (bicyclic) bond motifs is 13. The van der Waals surface area contributed by atoms with Gasteiger partial charge in [-0.1, -0.05) is 131 Å². The van der Waals surface area contributed by atoms with E-state index in [-0.39, 0.29) is 0 Å². The third-order valence-corrected chi connectivity index (χ3v) is 16.5.